The van der Waals surface area contributed by atoms with Gasteiger partial charge in [0.2, 0.25) is 0 Å². The number of hydrogen-bond acceptors (Lipinski definition) is 4. The zero-order valence-electron chi connectivity index (χ0n) is 9.72. The first-order valence-electron chi connectivity index (χ1n) is 5.29. The molecule has 0 spiro atoms. The number of rotatable bonds is 6. The Morgan fingerprint density at radius 1 is 1.33 bits per heavy atom. The van der Waals surface area contributed by atoms with Gasteiger partial charge in [-0.25, -0.2) is 9.97 Å². The normalized spacial score (nSPS) is 11.4. The molecule has 102 valence electrons. The number of alkyl halides is 3. The highest BCUT2D eigenvalue weighted by atomic mass is 35.5. The Balaban J connectivity index is 2.38. The molecular weight excluding hydrogens is 271 g/mol. The van der Waals surface area contributed by atoms with Crippen molar-refractivity contribution in [1.29, 1.82) is 0 Å². The second-order valence-electron chi connectivity index (χ2n) is 3.55. The molecule has 0 saturated heterocycles. The molecule has 0 aliphatic carbocycles. The Hall–Kier alpha value is -1.24. The molecule has 0 amide bonds. The van der Waals surface area contributed by atoms with Crippen LogP contribution in [0.1, 0.15) is 19.3 Å². The highest BCUT2D eigenvalue weighted by molar-refractivity contribution is 6.31. The molecule has 0 aromatic carbocycles. The Labute approximate surface area is 108 Å². The van der Waals surface area contributed by atoms with Crippen LogP contribution < -0.4 is 10.1 Å². The van der Waals surface area contributed by atoms with Crippen molar-refractivity contribution in [1.82, 2.24) is 9.97 Å². The highest BCUT2D eigenvalue weighted by Gasteiger charge is 2.25. The molecule has 0 unspecified atom stereocenters. The summed E-state index contributed by atoms with van der Waals surface area (Å²) in [5, 5.41) is 3.02. The van der Waals surface area contributed by atoms with Crippen molar-refractivity contribution in [2.45, 2.75) is 25.4 Å². The van der Waals surface area contributed by atoms with Gasteiger partial charge in [0, 0.05) is 13.0 Å². The molecule has 1 rings (SSSR count). The Morgan fingerprint density at radius 3 is 2.67 bits per heavy atom. The SMILES string of the molecule is COc1c(Cl)ncnc1NCCCCC(F)(F)F. The van der Waals surface area contributed by atoms with Crippen LogP contribution in [0.15, 0.2) is 6.33 Å². The zero-order chi connectivity index (χ0) is 13.6. The summed E-state index contributed by atoms with van der Waals surface area (Å²) in [5.74, 6) is 0.666. The maximum absolute atomic E-state index is 11.9. The van der Waals surface area contributed by atoms with Gasteiger partial charge in [-0.05, 0) is 12.8 Å². The van der Waals surface area contributed by atoms with Crippen LogP contribution in [0.5, 0.6) is 5.75 Å². The number of unbranched alkanes of at least 4 members (excludes halogenated alkanes) is 1. The second-order valence-corrected chi connectivity index (χ2v) is 3.90. The molecule has 0 aliphatic heterocycles. The fraction of sp³-hybridized carbons (Fsp3) is 0.600. The molecule has 0 atom stereocenters. The van der Waals surface area contributed by atoms with Crippen molar-refractivity contribution < 1.29 is 17.9 Å². The van der Waals surface area contributed by atoms with Crippen molar-refractivity contribution in [3.63, 3.8) is 0 Å². The lowest BCUT2D eigenvalue weighted by molar-refractivity contribution is -0.135. The minimum atomic E-state index is -4.10. The quantitative estimate of drug-likeness (QED) is 0.643. The molecule has 0 fully saturated rings. The first-order chi connectivity index (χ1) is 8.44. The summed E-state index contributed by atoms with van der Waals surface area (Å²) < 4.78 is 40.7. The second kappa shape index (κ2) is 6.63. The van der Waals surface area contributed by atoms with E-state index in [2.05, 4.69) is 15.3 Å². The van der Waals surface area contributed by atoms with E-state index in [0.29, 0.717) is 18.8 Å². The molecule has 1 heterocycles. The molecule has 0 aliphatic rings. The van der Waals surface area contributed by atoms with Crippen LogP contribution in [0.4, 0.5) is 19.0 Å². The summed E-state index contributed by atoms with van der Waals surface area (Å²) in [4.78, 5) is 7.63. The molecule has 0 radical (unpaired) electrons. The molecule has 1 N–H and O–H groups in total. The first kappa shape index (κ1) is 14.8. The fourth-order valence-electron chi connectivity index (χ4n) is 1.32. The van der Waals surface area contributed by atoms with E-state index in [1.807, 2.05) is 0 Å². The third-order valence-electron chi connectivity index (χ3n) is 2.14. The number of halogens is 4. The number of ether oxygens (including phenoxy) is 1. The minimum Gasteiger partial charge on any atom is -0.490 e. The van der Waals surface area contributed by atoms with E-state index in [0.717, 1.165) is 0 Å². The average molecular weight is 284 g/mol. The van der Waals surface area contributed by atoms with Crippen LogP contribution in [0.2, 0.25) is 5.15 Å². The summed E-state index contributed by atoms with van der Waals surface area (Å²) in [7, 11) is 1.42. The Bertz CT molecular complexity index is 387. The van der Waals surface area contributed by atoms with Crippen LogP contribution in [0.3, 0.4) is 0 Å². The van der Waals surface area contributed by atoms with Crippen LogP contribution in [-0.4, -0.2) is 29.8 Å². The molecular formula is C10H13ClF3N3O. The number of nitrogens with one attached hydrogen (secondary N) is 1. The van der Waals surface area contributed by atoms with Gasteiger partial charge in [-0.1, -0.05) is 11.6 Å². The van der Waals surface area contributed by atoms with E-state index in [1.165, 1.54) is 13.4 Å². The fourth-order valence-corrected chi connectivity index (χ4v) is 1.53. The number of hydrogen-bond donors (Lipinski definition) is 1. The summed E-state index contributed by atoms with van der Waals surface area (Å²) in [6, 6.07) is 0. The third kappa shape index (κ3) is 4.95. The summed E-state index contributed by atoms with van der Waals surface area (Å²) in [6.45, 7) is 0.361. The smallest absolute Gasteiger partial charge is 0.389 e. The Kier molecular flexibility index (Phi) is 5.46. The number of anilines is 1. The first-order valence-corrected chi connectivity index (χ1v) is 5.67. The van der Waals surface area contributed by atoms with E-state index in [1.54, 1.807) is 0 Å². The third-order valence-corrected chi connectivity index (χ3v) is 2.41. The van der Waals surface area contributed by atoms with Gasteiger partial charge in [-0.15, -0.1) is 0 Å². The topological polar surface area (TPSA) is 47.0 Å². The van der Waals surface area contributed by atoms with Crippen LogP contribution in [-0.2, 0) is 0 Å². The lowest BCUT2D eigenvalue weighted by Crippen LogP contribution is -2.09. The number of aromatic nitrogens is 2. The summed E-state index contributed by atoms with van der Waals surface area (Å²) in [5.41, 5.74) is 0. The van der Waals surface area contributed by atoms with E-state index in [4.69, 9.17) is 16.3 Å². The highest BCUT2D eigenvalue weighted by Crippen LogP contribution is 2.28. The number of methoxy groups -OCH3 is 1. The predicted molar refractivity (Wildman–Crippen MR) is 62.0 cm³/mol. The van der Waals surface area contributed by atoms with E-state index < -0.39 is 12.6 Å². The van der Waals surface area contributed by atoms with E-state index in [9.17, 15) is 13.2 Å². The summed E-state index contributed by atoms with van der Waals surface area (Å²) >= 11 is 5.76. The van der Waals surface area contributed by atoms with Gasteiger partial charge in [-0.2, -0.15) is 13.2 Å². The molecule has 8 heteroatoms. The lowest BCUT2D eigenvalue weighted by atomic mass is 10.2. The zero-order valence-corrected chi connectivity index (χ0v) is 10.5. The standard InChI is InChI=1S/C10H13ClF3N3O/c1-18-7-8(11)16-6-17-9(7)15-5-3-2-4-10(12,13)14/h6H,2-5H2,1H3,(H,15,16,17). The van der Waals surface area contributed by atoms with E-state index in [-0.39, 0.29) is 17.3 Å². The maximum atomic E-state index is 11.9. The van der Waals surface area contributed by atoms with Crippen molar-refractivity contribution in [3.05, 3.63) is 11.5 Å². The Morgan fingerprint density at radius 2 is 2.06 bits per heavy atom. The molecule has 0 saturated carbocycles. The van der Waals surface area contributed by atoms with Gasteiger partial charge in [0.25, 0.3) is 0 Å². The van der Waals surface area contributed by atoms with Crippen LogP contribution in [0.25, 0.3) is 0 Å². The molecule has 18 heavy (non-hydrogen) atoms. The van der Waals surface area contributed by atoms with Gasteiger partial charge >= 0.3 is 6.18 Å². The van der Waals surface area contributed by atoms with Crippen molar-refractivity contribution in [2.24, 2.45) is 0 Å². The van der Waals surface area contributed by atoms with Crippen molar-refractivity contribution in [3.8, 4) is 5.75 Å². The lowest BCUT2D eigenvalue weighted by Gasteiger charge is -2.10. The summed E-state index contributed by atoms with van der Waals surface area (Å²) in [6.07, 6.45) is -3.18. The molecule has 0 bridgehead atoms. The maximum Gasteiger partial charge on any atom is 0.389 e. The largest absolute Gasteiger partial charge is 0.490 e. The van der Waals surface area contributed by atoms with Gasteiger partial charge < -0.3 is 10.1 Å². The van der Waals surface area contributed by atoms with Crippen LogP contribution in [0, 0.1) is 0 Å². The van der Waals surface area contributed by atoms with Crippen molar-refractivity contribution in [2.75, 3.05) is 19.0 Å². The van der Waals surface area contributed by atoms with Crippen molar-refractivity contribution >= 4 is 17.4 Å². The van der Waals surface area contributed by atoms with E-state index >= 15 is 0 Å². The molecule has 1 aromatic heterocycles. The minimum absolute atomic E-state index is 0.0671. The molecule has 1 aromatic rings. The predicted octanol–water partition coefficient (Wildman–Crippen LogP) is 3.28. The average Bonchev–Trinajstić information content (AvgIpc) is 2.27. The molecule has 4 nitrogen and oxygen atoms in total. The van der Waals surface area contributed by atoms with Gasteiger partial charge in [0.1, 0.15) is 6.33 Å². The van der Waals surface area contributed by atoms with Gasteiger partial charge in [0.05, 0.1) is 7.11 Å². The van der Waals surface area contributed by atoms with Gasteiger partial charge in [0.15, 0.2) is 16.7 Å². The van der Waals surface area contributed by atoms with Crippen LogP contribution >= 0.6 is 11.6 Å². The number of nitrogens with zero attached hydrogens (tertiary/aromatic N) is 2. The monoisotopic (exact) mass is 283 g/mol. The van der Waals surface area contributed by atoms with Gasteiger partial charge in [-0.3, -0.25) is 0 Å².